The van der Waals surface area contributed by atoms with Crippen molar-refractivity contribution in [1.82, 2.24) is 14.7 Å². The van der Waals surface area contributed by atoms with Crippen LogP contribution in [0.3, 0.4) is 0 Å². The van der Waals surface area contributed by atoms with Crippen LogP contribution in [0.4, 0.5) is 0 Å². The lowest BCUT2D eigenvalue weighted by Crippen LogP contribution is -2.36. The SMILES string of the molecule is Cc1cc(C)n(CCC2CCCCN2C)n1. The molecule has 1 aliphatic rings. The van der Waals surface area contributed by atoms with E-state index in [0.717, 1.165) is 18.3 Å². The number of aryl methyl sites for hydroxylation is 3. The van der Waals surface area contributed by atoms with E-state index in [4.69, 9.17) is 0 Å². The number of hydrogen-bond donors (Lipinski definition) is 0. The smallest absolute Gasteiger partial charge is 0.0596 e. The summed E-state index contributed by atoms with van der Waals surface area (Å²) in [6.07, 6.45) is 5.35. The van der Waals surface area contributed by atoms with E-state index in [1.54, 1.807) is 0 Å². The minimum Gasteiger partial charge on any atom is -0.303 e. The highest BCUT2D eigenvalue weighted by molar-refractivity contribution is 5.06. The molecular formula is C13H23N3. The van der Waals surface area contributed by atoms with Crippen LogP contribution in [0.2, 0.25) is 0 Å². The fraction of sp³-hybridized carbons (Fsp3) is 0.769. The normalized spacial score (nSPS) is 22.6. The van der Waals surface area contributed by atoms with Crippen LogP contribution in [0.1, 0.15) is 37.1 Å². The molecule has 0 saturated carbocycles. The molecule has 0 aromatic carbocycles. The van der Waals surface area contributed by atoms with Gasteiger partial charge in [0.25, 0.3) is 0 Å². The van der Waals surface area contributed by atoms with Gasteiger partial charge in [-0.05, 0) is 52.8 Å². The summed E-state index contributed by atoms with van der Waals surface area (Å²) in [6.45, 7) is 6.54. The first-order valence-electron chi connectivity index (χ1n) is 6.38. The number of rotatable bonds is 3. The number of aromatic nitrogens is 2. The van der Waals surface area contributed by atoms with Gasteiger partial charge < -0.3 is 4.90 Å². The van der Waals surface area contributed by atoms with Gasteiger partial charge in [-0.1, -0.05) is 6.42 Å². The van der Waals surface area contributed by atoms with Crippen LogP contribution in [-0.2, 0) is 6.54 Å². The van der Waals surface area contributed by atoms with Crippen molar-refractivity contribution in [2.75, 3.05) is 13.6 Å². The van der Waals surface area contributed by atoms with Gasteiger partial charge in [0.15, 0.2) is 0 Å². The van der Waals surface area contributed by atoms with Crippen LogP contribution in [0.15, 0.2) is 6.07 Å². The number of nitrogens with zero attached hydrogens (tertiary/aromatic N) is 3. The third-order valence-electron chi connectivity index (χ3n) is 3.70. The van der Waals surface area contributed by atoms with Crippen LogP contribution in [0, 0.1) is 13.8 Å². The Kier molecular flexibility index (Phi) is 3.64. The highest BCUT2D eigenvalue weighted by Gasteiger charge is 2.18. The van der Waals surface area contributed by atoms with Crippen molar-refractivity contribution in [3.05, 3.63) is 17.5 Å². The Morgan fingerprint density at radius 2 is 2.19 bits per heavy atom. The lowest BCUT2D eigenvalue weighted by molar-refractivity contribution is 0.169. The van der Waals surface area contributed by atoms with E-state index >= 15 is 0 Å². The molecule has 0 spiro atoms. The van der Waals surface area contributed by atoms with Crippen LogP contribution in [-0.4, -0.2) is 34.3 Å². The Hall–Kier alpha value is -0.830. The van der Waals surface area contributed by atoms with Crippen molar-refractivity contribution in [2.45, 2.75) is 52.1 Å². The summed E-state index contributed by atoms with van der Waals surface area (Å²) in [6, 6.07) is 2.92. The average molecular weight is 221 g/mol. The molecule has 0 bridgehead atoms. The third-order valence-corrected chi connectivity index (χ3v) is 3.70. The molecule has 0 amide bonds. The van der Waals surface area contributed by atoms with E-state index in [-0.39, 0.29) is 0 Å². The van der Waals surface area contributed by atoms with Crippen LogP contribution in [0.5, 0.6) is 0 Å². The maximum absolute atomic E-state index is 4.52. The minimum absolute atomic E-state index is 0.762. The predicted octanol–water partition coefficient (Wildman–Crippen LogP) is 2.37. The summed E-state index contributed by atoms with van der Waals surface area (Å²) >= 11 is 0. The molecule has 0 N–H and O–H groups in total. The molecule has 1 aliphatic heterocycles. The number of hydrogen-bond acceptors (Lipinski definition) is 2. The molecule has 1 aromatic heterocycles. The molecule has 2 heterocycles. The summed E-state index contributed by atoms with van der Waals surface area (Å²) in [4.78, 5) is 2.51. The topological polar surface area (TPSA) is 21.1 Å². The first kappa shape index (κ1) is 11.6. The molecule has 3 heteroatoms. The Morgan fingerprint density at radius 3 is 2.81 bits per heavy atom. The zero-order chi connectivity index (χ0) is 11.5. The Balaban J connectivity index is 1.89. The van der Waals surface area contributed by atoms with Gasteiger partial charge in [-0.3, -0.25) is 4.68 Å². The van der Waals surface area contributed by atoms with E-state index in [9.17, 15) is 0 Å². The van der Waals surface area contributed by atoms with Gasteiger partial charge in [0.05, 0.1) is 5.69 Å². The predicted molar refractivity (Wildman–Crippen MR) is 66.6 cm³/mol. The largest absolute Gasteiger partial charge is 0.303 e. The summed E-state index contributed by atoms with van der Waals surface area (Å²) in [5, 5.41) is 4.52. The molecule has 3 nitrogen and oxygen atoms in total. The summed E-state index contributed by atoms with van der Waals surface area (Å²) in [5.74, 6) is 0. The number of piperidine rings is 1. The van der Waals surface area contributed by atoms with Crippen LogP contribution in [0.25, 0.3) is 0 Å². The second kappa shape index (κ2) is 5.00. The van der Waals surface area contributed by atoms with Crippen LogP contribution >= 0.6 is 0 Å². The van der Waals surface area contributed by atoms with Crippen molar-refractivity contribution in [1.29, 1.82) is 0 Å². The van der Waals surface area contributed by atoms with Gasteiger partial charge >= 0.3 is 0 Å². The van der Waals surface area contributed by atoms with Crippen molar-refractivity contribution >= 4 is 0 Å². The van der Waals surface area contributed by atoms with Gasteiger partial charge in [-0.25, -0.2) is 0 Å². The zero-order valence-electron chi connectivity index (χ0n) is 10.7. The van der Waals surface area contributed by atoms with Gasteiger partial charge in [0.1, 0.15) is 0 Å². The quantitative estimate of drug-likeness (QED) is 0.781. The average Bonchev–Trinajstić information content (AvgIpc) is 2.56. The standard InChI is InChI=1S/C13H23N3/c1-11-10-12(2)16(14-11)9-7-13-6-4-5-8-15(13)3/h10,13H,4-9H2,1-3H3. The zero-order valence-corrected chi connectivity index (χ0v) is 10.7. The molecule has 0 radical (unpaired) electrons. The monoisotopic (exact) mass is 221 g/mol. The van der Waals surface area contributed by atoms with Gasteiger partial charge in [0, 0.05) is 18.3 Å². The Morgan fingerprint density at radius 1 is 1.38 bits per heavy atom. The summed E-state index contributed by atoms with van der Waals surface area (Å²) in [7, 11) is 2.25. The van der Waals surface area contributed by atoms with Crippen molar-refractivity contribution < 1.29 is 0 Å². The highest BCUT2D eigenvalue weighted by Crippen LogP contribution is 2.18. The van der Waals surface area contributed by atoms with E-state index in [1.807, 2.05) is 0 Å². The summed E-state index contributed by atoms with van der Waals surface area (Å²) in [5.41, 5.74) is 2.42. The van der Waals surface area contributed by atoms with E-state index in [2.05, 4.69) is 41.6 Å². The molecule has 1 aromatic rings. The molecule has 1 atom stereocenters. The third kappa shape index (κ3) is 2.64. The van der Waals surface area contributed by atoms with Gasteiger partial charge in [0.2, 0.25) is 0 Å². The lowest BCUT2D eigenvalue weighted by atomic mass is 10.0. The Labute approximate surface area is 98.4 Å². The van der Waals surface area contributed by atoms with Crippen LogP contribution < -0.4 is 0 Å². The maximum Gasteiger partial charge on any atom is 0.0596 e. The lowest BCUT2D eigenvalue weighted by Gasteiger charge is -2.32. The van der Waals surface area contributed by atoms with Gasteiger partial charge in [-0.2, -0.15) is 5.10 Å². The van der Waals surface area contributed by atoms with Crippen molar-refractivity contribution in [2.24, 2.45) is 0 Å². The second-order valence-corrected chi connectivity index (χ2v) is 5.07. The molecule has 0 aliphatic carbocycles. The second-order valence-electron chi connectivity index (χ2n) is 5.07. The molecule has 90 valence electrons. The molecule has 1 unspecified atom stereocenters. The van der Waals surface area contributed by atoms with E-state index < -0.39 is 0 Å². The number of likely N-dealkylation sites (tertiary alicyclic amines) is 1. The van der Waals surface area contributed by atoms with Gasteiger partial charge in [-0.15, -0.1) is 0 Å². The highest BCUT2D eigenvalue weighted by atomic mass is 15.3. The van der Waals surface area contributed by atoms with E-state index in [1.165, 1.54) is 37.9 Å². The minimum atomic E-state index is 0.762. The fourth-order valence-corrected chi connectivity index (χ4v) is 2.68. The Bertz CT molecular complexity index is 343. The fourth-order valence-electron chi connectivity index (χ4n) is 2.68. The molecular weight excluding hydrogens is 198 g/mol. The van der Waals surface area contributed by atoms with Crippen molar-refractivity contribution in [3.8, 4) is 0 Å². The van der Waals surface area contributed by atoms with Crippen molar-refractivity contribution in [3.63, 3.8) is 0 Å². The molecule has 1 fully saturated rings. The maximum atomic E-state index is 4.52. The summed E-state index contributed by atoms with van der Waals surface area (Å²) < 4.78 is 2.15. The first-order valence-corrected chi connectivity index (χ1v) is 6.38. The molecule has 2 rings (SSSR count). The molecule has 1 saturated heterocycles. The van der Waals surface area contributed by atoms with E-state index in [0.29, 0.717) is 0 Å². The first-order chi connectivity index (χ1) is 7.66. The molecule has 16 heavy (non-hydrogen) atoms.